The molecule has 0 bridgehead atoms. The van der Waals surface area contributed by atoms with Gasteiger partial charge in [0.25, 0.3) is 0 Å². The molecule has 0 amide bonds. The van der Waals surface area contributed by atoms with E-state index in [1.54, 1.807) is 12.1 Å². The maximum Gasteiger partial charge on any atom is 0.246 e. The second-order valence-corrected chi connectivity index (χ2v) is 6.77. The Morgan fingerprint density at radius 2 is 1.80 bits per heavy atom. The van der Waals surface area contributed by atoms with E-state index in [1.807, 2.05) is 18.2 Å². The Balaban J connectivity index is 2.32. The van der Waals surface area contributed by atoms with E-state index in [0.717, 1.165) is 22.0 Å². The van der Waals surface area contributed by atoms with Crippen molar-refractivity contribution in [2.45, 2.75) is 11.4 Å². The molecule has 2 aromatic rings. The van der Waals surface area contributed by atoms with E-state index in [9.17, 15) is 12.8 Å². The van der Waals surface area contributed by atoms with Crippen LogP contribution in [-0.2, 0) is 16.6 Å². The molecule has 106 valence electrons. The van der Waals surface area contributed by atoms with Gasteiger partial charge in [-0.05, 0) is 23.8 Å². The van der Waals surface area contributed by atoms with E-state index >= 15 is 0 Å². The fraction of sp³-hybridized carbons (Fsp3) is 0.143. The molecular formula is C14H13ClFNO2S. The van der Waals surface area contributed by atoms with Crippen LogP contribution in [-0.4, -0.2) is 19.8 Å². The first-order chi connectivity index (χ1) is 9.41. The van der Waals surface area contributed by atoms with Crippen LogP contribution in [0.2, 0.25) is 5.02 Å². The van der Waals surface area contributed by atoms with Crippen LogP contribution in [0.3, 0.4) is 0 Å². The molecule has 0 spiro atoms. The molecule has 0 saturated carbocycles. The SMILES string of the molecule is CN(Cc1ccccc1)S(=O)(=O)c1cc(Cl)ccc1F. The normalized spacial score (nSPS) is 11.8. The first-order valence-corrected chi connectivity index (χ1v) is 7.68. The molecule has 0 N–H and O–H groups in total. The van der Waals surface area contributed by atoms with E-state index in [-0.39, 0.29) is 11.6 Å². The van der Waals surface area contributed by atoms with E-state index in [0.29, 0.717) is 0 Å². The van der Waals surface area contributed by atoms with Gasteiger partial charge >= 0.3 is 0 Å². The number of sulfonamides is 1. The molecule has 0 fully saturated rings. The molecule has 0 heterocycles. The number of hydrogen-bond donors (Lipinski definition) is 0. The highest BCUT2D eigenvalue weighted by Gasteiger charge is 2.24. The van der Waals surface area contributed by atoms with E-state index in [1.165, 1.54) is 13.1 Å². The van der Waals surface area contributed by atoms with Crippen molar-refractivity contribution in [2.24, 2.45) is 0 Å². The van der Waals surface area contributed by atoms with Crippen molar-refractivity contribution >= 4 is 21.6 Å². The van der Waals surface area contributed by atoms with Crippen LogP contribution in [0, 0.1) is 5.82 Å². The first kappa shape index (κ1) is 15.0. The highest BCUT2D eigenvalue weighted by Crippen LogP contribution is 2.23. The molecule has 6 heteroatoms. The zero-order valence-corrected chi connectivity index (χ0v) is 12.3. The number of nitrogens with zero attached hydrogens (tertiary/aromatic N) is 1. The van der Waals surface area contributed by atoms with Crippen LogP contribution >= 0.6 is 11.6 Å². The summed E-state index contributed by atoms with van der Waals surface area (Å²) in [4.78, 5) is -0.413. The van der Waals surface area contributed by atoms with E-state index in [4.69, 9.17) is 11.6 Å². The van der Waals surface area contributed by atoms with Crippen molar-refractivity contribution in [2.75, 3.05) is 7.05 Å². The largest absolute Gasteiger partial charge is 0.246 e. The molecule has 0 radical (unpaired) electrons. The highest BCUT2D eigenvalue weighted by atomic mass is 35.5. The summed E-state index contributed by atoms with van der Waals surface area (Å²) >= 11 is 5.74. The number of rotatable bonds is 4. The summed E-state index contributed by atoms with van der Waals surface area (Å²) in [5, 5.41) is 0.179. The van der Waals surface area contributed by atoms with Gasteiger partial charge in [-0.3, -0.25) is 0 Å². The van der Waals surface area contributed by atoms with Crippen molar-refractivity contribution in [3.05, 3.63) is 64.9 Å². The topological polar surface area (TPSA) is 37.4 Å². The van der Waals surface area contributed by atoms with E-state index < -0.39 is 20.7 Å². The number of hydrogen-bond acceptors (Lipinski definition) is 2. The lowest BCUT2D eigenvalue weighted by atomic mass is 10.2. The second-order valence-electron chi connectivity index (χ2n) is 4.32. The number of benzene rings is 2. The third-order valence-corrected chi connectivity index (χ3v) is 4.88. The van der Waals surface area contributed by atoms with Gasteiger partial charge < -0.3 is 0 Å². The average molecular weight is 314 g/mol. The zero-order chi connectivity index (χ0) is 14.8. The van der Waals surface area contributed by atoms with Gasteiger partial charge in [0.05, 0.1) is 0 Å². The molecular weight excluding hydrogens is 301 g/mol. The summed E-state index contributed by atoms with van der Waals surface area (Å²) < 4.78 is 39.5. The molecule has 0 aliphatic carbocycles. The van der Waals surface area contributed by atoms with Gasteiger partial charge in [-0.25, -0.2) is 12.8 Å². The van der Waals surface area contributed by atoms with Crippen molar-refractivity contribution in [1.29, 1.82) is 0 Å². The standard InChI is InChI=1S/C14H13ClFNO2S/c1-17(10-11-5-3-2-4-6-11)20(18,19)14-9-12(15)7-8-13(14)16/h2-9H,10H2,1H3. The number of halogens is 2. The van der Waals surface area contributed by atoms with Crippen molar-refractivity contribution in [1.82, 2.24) is 4.31 Å². The molecule has 0 aliphatic rings. The molecule has 0 aromatic heterocycles. The second kappa shape index (κ2) is 5.91. The Labute approximate surface area is 122 Å². The summed E-state index contributed by atoms with van der Waals surface area (Å²) in [5.74, 6) is -0.811. The first-order valence-electron chi connectivity index (χ1n) is 5.86. The van der Waals surface area contributed by atoms with Crippen LogP contribution in [0.25, 0.3) is 0 Å². The summed E-state index contributed by atoms with van der Waals surface area (Å²) in [6, 6.07) is 12.6. The van der Waals surface area contributed by atoms with Crippen molar-refractivity contribution < 1.29 is 12.8 Å². The minimum absolute atomic E-state index is 0.162. The van der Waals surface area contributed by atoms with E-state index in [2.05, 4.69) is 0 Å². The van der Waals surface area contributed by atoms with Crippen LogP contribution in [0.1, 0.15) is 5.56 Å². The third kappa shape index (κ3) is 3.17. The Morgan fingerprint density at radius 1 is 1.15 bits per heavy atom. The van der Waals surface area contributed by atoms with Gasteiger partial charge in [0, 0.05) is 18.6 Å². The Kier molecular flexibility index (Phi) is 4.42. The monoisotopic (exact) mass is 313 g/mol. The molecule has 0 saturated heterocycles. The van der Waals surface area contributed by atoms with Gasteiger partial charge in [0.1, 0.15) is 10.7 Å². The van der Waals surface area contributed by atoms with Gasteiger partial charge in [0.15, 0.2) is 0 Å². The minimum Gasteiger partial charge on any atom is -0.207 e. The Bertz CT molecular complexity index is 704. The maximum atomic E-state index is 13.7. The minimum atomic E-state index is -3.92. The van der Waals surface area contributed by atoms with Crippen LogP contribution < -0.4 is 0 Å². The fourth-order valence-corrected chi connectivity index (χ4v) is 3.25. The summed E-state index contributed by atoms with van der Waals surface area (Å²) in [5.41, 5.74) is 0.820. The molecule has 3 nitrogen and oxygen atoms in total. The molecule has 0 aliphatic heterocycles. The summed E-state index contributed by atoms with van der Waals surface area (Å²) in [6.07, 6.45) is 0. The quantitative estimate of drug-likeness (QED) is 0.868. The highest BCUT2D eigenvalue weighted by molar-refractivity contribution is 7.89. The average Bonchev–Trinajstić information content (AvgIpc) is 2.42. The summed E-state index contributed by atoms with van der Waals surface area (Å²) in [7, 11) is -2.51. The molecule has 0 atom stereocenters. The molecule has 2 aromatic carbocycles. The Morgan fingerprint density at radius 3 is 2.45 bits per heavy atom. The van der Waals surface area contributed by atoms with Crippen LogP contribution in [0.5, 0.6) is 0 Å². The van der Waals surface area contributed by atoms with Gasteiger partial charge in [-0.15, -0.1) is 0 Å². The zero-order valence-electron chi connectivity index (χ0n) is 10.8. The Hall–Kier alpha value is -1.43. The smallest absolute Gasteiger partial charge is 0.207 e. The lowest BCUT2D eigenvalue weighted by Crippen LogP contribution is -2.27. The maximum absolute atomic E-state index is 13.7. The van der Waals surface area contributed by atoms with Gasteiger partial charge in [-0.1, -0.05) is 41.9 Å². The predicted octanol–water partition coefficient (Wildman–Crippen LogP) is 3.30. The summed E-state index contributed by atoms with van der Waals surface area (Å²) in [6.45, 7) is 0.162. The van der Waals surface area contributed by atoms with Gasteiger partial charge in [-0.2, -0.15) is 4.31 Å². The van der Waals surface area contributed by atoms with Crippen LogP contribution in [0.15, 0.2) is 53.4 Å². The molecule has 0 unspecified atom stereocenters. The van der Waals surface area contributed by atoms with Crippen molar-refractivity contribution in [3.8, 4) is 0 Å². The lowest BCUT2D eigenvalue weighted by molar-refractivity contribution is 0.460. The predicted molar refractivity (Wildman–Crippen MR) is 76.5 cm³/mol. The lowest BCUT2D eigenvalue weighted by Gasteiger charge is -2.17. The van der Waals surface area contributed by atoms with Crippen molar-refractivity contribution in [3.63, 3.8) is 0 Å². The van der Waals surface area contributed by atoms with Gasteiger partial charge in [0.2, 0.25) is 10.0 Å². The molecule has 2 rings (SSSR count). The van der Waals surface area contributed by atoms with Crippen LogP contribution in [0.4, 0.5) is 4.39 Å². The third-order valence-electron chi connectivity index (χ3n) is 2.83. The molecule has 20 heavy (non-hydrogen) atoms. The fourth-order valence-electron chi connectivity index (χ4n) is 1.77.